The van der Waals surface area contributed by atoms with E-state index in [1.807, 2.05) is 11.9 Å². The van der Waals surface area contributed by atoms with E-state index in [1.165, 1.54) is 12.1 Å². The topological polar surface area (TPSA) is 37.4 Å². The van der Waals surface area contributed by atoms with Crippen LogP contribution in [0.1, 0.15) is 19.8 Å². The summed E-state index contributed by atoms with van der Waals surface area (Å²) in [5.41, 5.74) is 0. The van der Waals surface area contributed by atoms with Gasteiger partial charge in [0, 0.05) is 5.92 Å². The highest BCUT2D eigenvalue weighted by Gasteiger charge is 2.48. The molecule has 1 aromatic carbocycles. The molecule has 20 heavy (non-hydrogen) atoms. The van der Waals surface area contributed by atoms with E-state index in [4.69, 9.17) is 0 Å². The Morgan fingerprint density at radius 2 is 1.90 bits per heavy atom. The number of halogens is 2. The summed E-state index contributed by atoms with van der Waals surface area (Å²) in [6.07, 6.45) is 0.968. The fraction of sp³-hybridized carbons (Fsp3) is 0.571. The Bertz CT molecular complexity index is 579. The number of likely N-dealkylation sites (tertiary alicyclic amines) is 1. The van der Waals surface area contributed by atoms with Crippen molar-refractivity contribution in [2.45, 2.75) is 29.7 Å². The van der Waals surface area contributed by atoms with Crippen LogP contribution in [0.4, 0.5) is 8.78 Å². The molecule has 0 aliphatic carbocycles. The number of alkyl halides is 1. The summed E-state index contributed by atoms with van der Waals surface area (Å²) in [6, 6.07) is 4.55. The molecule has 112 valence electrons. The van der Waals surface area contributed by atoms with Gasteiger partial charge in [-0.25, -0.2) is 17.2 Å². The number of hydrogen-bond acceptors (Lipinski definition) is 3. The molecule has 0 bridgehead atoms. The third kappa shape index (κ3) is 2.72. The molecule has 0 amide bonds. The maximum atomic E-state index is 15.0. The zero-order chi connectivity index (χ0) is 15.0. The minimum Gasteiger partial charge on any atom is -0.306 e. The molecule has 0 aromatic heterocycles. The van der Waals surface area contributed by atoms with Gasteiger partial charge in [-0.05, 0) is 58.1 Å². The molecule has 3 nitrogen and oxygen atoms in total. The summed E-state index contributed by atoms with van der Waals surface area (Å²) >= 11 is 0. The van der Waals surface area contributed by atoms with Crippen molar-refractivity contribution in [1.82, 2.24) is 4.90 Å². The normalized spacial score (nSPS) is 21.6. The van der Waals surface area contributed by atoms with Crippen molar-refractivity contribution in [1.29, 1.82) is 0 Å². The van der Waals surface area contributed by atoms with Crippen molar-refractivity contribution in [3.8, 4) is 0 Å². The summed E-state index contributed by atoms with van der Waals surface area (Å²) in [6.45, 7) is 2.44. The lowest BCUT2D eigenvalue weighted by molar-refractivity contribution is 0.116. The standard InChI is InChI=1S/C14H19F2NO2S/c1-14(16,11-6-8-17(2)9-7-11)20(18,19)13-5-3-4-12(15)10-13/h3-5,10-11H,6-9H2,1-2H3. The zero-order valence-corrected chi connectivity index (χ0v) is 12.5. The predicted octanol–water partition coefficient (Wildman–Crippen LogP) is 2.63. The Morgan fingerprint density at radius 1 is 1.30 bits per heavy atom. The first-order valence-corrected chi connectivity index (χ1v) is 8.11. The quantitative estimate of drug-likeness (QED) is 0.861. The van der Waals surface area contributed by atoms with Crippen LogP contribution in [0.2, 0.25) is 0 Å². The third-order valence-electron chi connectivity index (χ3n) is 4.08. The van der Waals surface area contributed by atoms with Crippen molar-refractivity contribution in [2.75, 3.05) is 20.1 Å². The van der Waals surface area contributed by atoms with Crippen molar-refractivity contribution in [3.05, 3.63) is 30.1 Å². The van der Waals surface area contributed by atoms with Crippen molar-refractivity contribution in [2.24, 2.45) is 5.92 Å². The fourth-order valence-electron chi connectivity index (χ4n) is 2.61. The molecule has 1 heterocycles. The molecular weight excluding hydrogens is 284 g/mol. The Morgan fingerprint density at radius 3 is 2.45 bits per heavy atom. The van der Waals surface area contributed by atoms with Crippen molar-refractivity contribution < 1.29 is 17.2 Å². The molecule has 1 unspecified atom stereocenters. The monoisotopic (exact) mass is 303 g/mol. The van der Waals surface area contributed by atoms with Crippen LogP contribution in [-0.4, -0.2) is 38.5 Å². The Kier molecular flexibility index (Phi) is 4.16. The van der Waals surface area contributed by atoms with Crippen LogP contribution in [0.5, 0.6) is 0 Å². The first kappa shape index (κ1) is 15.4. The van der Waals surface area contributed by atoms with Gasteiger partial charge in [-0.15, -0.1) is 0 Å². The van der Waals surface area contributed by atoms with Gasteiger partial charge in [0.2, 0.25) is 14.8 Å². The van der Waals surface area contributed by atoms with Gasteiger partial charge in [-0.1, -0.05) is 6.07 Å². The zero-order valence-electron chi connectivity index (χ0n) is 11.6. The lowest BCUT2D eigenvalue weighted by Crippen LogP contribution is -2.44. The van der Waals surface area contributed by atoms with E-state index in [9.17, 15) is 17.2 Å². The molecule has 1 fully saturated rings. The smallest absolute Gasteiger partial charge is 0.215 e. The lowest BCUT2D eigenvalue weighted by atomic mass is 9.93. The van der Waals surface area contributed by atoms with Crippen LogP contribution in [0.15, 0.2) is 29.2 Å². The first-order chi connectivity index (χ1) is 9.25. The molecule has 6 heteroatoms. The maximum Gasteiger partial charge on any atom is 0.215 e. The number of benzene rings is 1. The van der Waals surface area contributed by atoms with Crippen molar-refractivity contribution in [3.63, 3.8) is 0 Å². The van der Waals surface area contributed by atoms with Crippen LogP contribution >= 0.6 is 0 Å². The van der Waals surface area contributed by atoms with E-state index in [0.29, 0.717) is 25.9 Å². The Balaban J connectivity index is 2.32. The van der Waals surface area contributed by atoms with Crippen LogP contribution in [-0.2, 0) is 9.84 Å². The van der Waals surface area contributed by atoms with E-state index in [1.54, 1.807) is 0 Å². The number of piperidine rings is 1. The molecule has 1 saturated heterocycles. The second kappa shape index (κ2) is 5.41. The Labute approximate surface area is 118 Å². The number of nitrogens with zero attached hydrogens (tertiary/aromatic N) is 1. The summed E-state index contributed by atoms with van der Waals surface area (Å²) in [5.74, 6) is -1.24. The summed E-state index contributed by atoms with van der Waals surface area (Å²) < 4.78 is 53.0. The maximum absolute atomic E-state index is 15.0. The highest BCUT2D eigenvalue weighted by Crippen LogP contribution is 2.39. The van der Waals surface area contributed by atoms with Crippen molar-refractivity contribution >= 4 is 9.84 Å². The second-order valence-corrected chi connectivity index (χ2v) is 7.80. The minimum absolute atomic E-state index is 0.290. The van der Waals surface area contributed by atoms with E-state index >= 15 is 0 Å². The number of sulfone groups is 1. The van der Waals surface area contributed by atoms with Gasteiger partial charge in [-0.2, -0.15) is 0 Å². The Hall–Kier alpha value is -1.01. The summed E-state index contributed by atoms with van der Waals surface area (Å²) in [7, 11) is -2.28. The summed E-state index contributed by atoms with van der Waals surface area (Å²) in [5, 5.41) is -2.37. The van der Waals surface area contributed by atoms with Crippen LogP contribution in [0, 0.1) is 11.7 Å². The number of hydrogen-bond donors (Lipinski definition) is 0. The number of rotatable bonds is 3. The highest BCUT2D eigenvalue weighted by atomic mass is 32.2. The first-order valence-electron chi connectivity index (χ1n) is 6.63. The molecule has 1 aromatic rings. The molecule has 2 rings (SSSR count). The molecular formula is C14H19F2NO2S. The average molecular weight is 303 g/mol. The third-order valence-corrected chi connectivity index (χ3v) is 6.34. The minimum atomic E-state index is -4.20. The largest absolute Gasteiger partial charge is 0.306 e. The predicted molar refractivity (Wildman–Crippen MR) is 73.3 cm³/mol. The molecule has 0 spiro atoms. The average Bonchev–Trinajstić information content (AvgIpc) is 2.39. The highest BCUT2D eigenvalue weighted by molar-refractivity contribution is 7.92. The van der Waals surface area contributed by atoms with Crippen LogP contribution in [0.25, 0.3) is 0 Å². The van der Waals surface area contributed by atoms with Gasteiger partial charge >= 0.3 is 0 Å². The van der Waals surface area contributed by atoms with Gasteiger partial charge in [0.1, 0.15) is 5.82 Å². The molecule has 1 aliphatic heterocycles. The SMILES string of the molecule is CN1CCC(C(C)(F)S(=O)(=O)c2cccc(F)c2)CC1. The fourth-order valence-corrected chi connectivity index (χ4v) is 4.27. The van der Waals surface area contributed by atoms with E-state index in [2.05, 4.69) is 0 Å². The van der Waals surface area contributed by atoms with E-state index < -0.39 is 26.6 Å². The van der Waals surface area contributed by atoms with Gasteiger partial charge in [0.25, 0.3) is 0 Å². The lowest BCUT2D eigenvalue weighted by Gasteiger charge is -2.36. The van der Waals surface area contributed by atoms with Crippen LogP contribution in [0.3, 0.4) is 0 Å². The van der Waals surface area contributed by atoms with Gasteiger partial charge in [0.15, 0.2) is 0 Å². The molecule has 0 N–H and O–H groups in total. The molecule has 1 atom stereocenters. The van der Waals surface area contributed by atoms with Gasteiger partial charge in [-0.3, -0.25) is 0 Å². The van der Waals surface area contributed by atoms with E-state index in [-0.39, 0.29) is 4.90 Å². The molecule has 0 saturated carbocycles. The molecule has 0 radical (unpaired) electrons. The summed E-state index contributed by atoms with van der Waals surface area (Å²) in [4.78, 5) is 1.75. The van der Waals surface area contributed by atoms with Gasteiger partial charge < -0.3 is 4.90 Å². The van der Waals surface area contributed by atoms with Gasteiger partial charge in [0.05, 0.1) is 4.90 Å². The molecule has 1 aliphatic rings. The second-order valence-electron chi connectivity index (χ2n) is 5.52. The van der Waals surface area contributed by atoms with Crippen LogP contribution < -0.4 is 0 Å². The van der Waals surface area contributed by atoms with E-state index in [0.717, 1.165) is 19.1 Å².